The van der Waals surface area contributed by atoms with E-state index < -0.39 is 0 Å². The minimum Gasteiger partial charge on any atom is -0.426 e. The van der Waals surface area contributed by atoms with E-state index in [1.807, 2.05) is 38.4 Å². The standard InChI is InChI=1S/C12H12N2.C7H11N.C4H6N2O/c1-9-3-5-11(7-13-9)12-6-4-10(2)14-8-12;1-6-4-7(2)8(3)5-6;1-3-5-6-4(2)7-3/h3-8H,1-2H3;4-5H,1-3H3;1-2H3. The van der Waals surface area contributed by atoms with Gasteiger partial charge in [-0.2, -0.15) is 0 Å². The zero-order valence-corrected chi connectivity index (χ0v) is 18.3. The molecule has 0 saturated carbocycles. The van der Waals surface area contributed by atoms with E-state index in [0.29, 0.717) is 11.8 Å². The lowest BCUT2D eigenvalue weighted by molar-refractivity contribution is 0.489. The summed E-state index contributed by atoms with van der Waals surface area (Å²) in [7, 11) is 2.06. The Kier molecular flexibility index (Phi) is 7.83. The molecule has 4 aromatic heterocycles. The van der Waals surface area contributed by atoms with Gasteiger partial charge in [-0.25, -0.2) is 0 Å². The summed E-state index contributed by atoms with van der Waals surface area (Å²) in [6.07, 6.45) is 5.87. The fraction of sp³-hybridized carbons (Fsp3) is 0.304. The molecule has 0 fully saturated rings. The van der Waals surface area contributed by atoms with Crippen LogP contribution in [-0.2, 0) is 7.05 Å². The lowest BCUT2D eigenvalue weighted by Crippen LogP contribution is -1.85. The molecule has 4 rings (SSSR count). The van der Waals surface area contributed by atoms with Crippen LogP contribution < -0.4 is 0 Å². The molecule has 0 aliphatic heterocycles. The third kappa shape index (κ3) is 7.33. The van der Waals surface area contributed by atoms with E-state index in [4.69, 9.17) is 4.42 Å². The summed E-state index contributed by atoms with van der Waals surface area (Å²) in [4.78, 5) is 8.50. The zero-order chi connectivity index (χ0) is 21.4. The quantitative estimate of drug-likeness (QED) is 0.452. The first-order chi connectivity index (χ1) is 13.7. The van der Waals surface area contributed by atoms with Crippen molar-refractivity contribution >= 4 is 0 Å². The number of rotatable bonds is 1. The highest BCUT2D eigenvalue weighted by molar-refractivity contribution is 5.61. The SMILES string of the molecule is Cc1cc(C)n(C)c1.Cc1ccc(-c2ccc(C)nc2)cn1.Cc1nnc(C)o1. The molecule has 0 atom stereocenters. The van der Waals surface area contributed by atoms with Crippen molar-refractivity contribution in [1.82, 2.24) is 24.7 Å². The molecule has 0 aliphatic rings. The van der Waals surface area contributed by atoms with E-state index in [1.165, 1.54) is 11.3 Å². The van der Waals surface area contributed by atoms with Crippen LogP contribution in [0.2, 0.25) is 0 Å². The molecule has 0 bridgehead atoms. The fourth-order valence-electron chi connectivity index (χ4n) is 2.55. The van der Waals surface area contributed by atoms with Crippen molar-refractivity contribution in [3.8, 4) is 11.1 Å². The smallest absolute Gasteiger partial charge is 0.213 e. The van der Waals surface area contributed by atoms with Gasteiger partial charge in [0.2, 0.25) is 11.8 Å². The molecule has 6 nitrogen and oxygen atoms in total. The maximum atomic E-state index is 4.86. The van der Waals surface area contributed by atoms with E-state index in [2.05, 4.69) is 70.0 Å². The van der Waals surface area contributed by atoms with E-state index in [9.17, 15) is 0 Å². The van der Waals surface area contributed by atoms with Gasteiger partial charge in [0.25, 0.3) is 0 Å². The lowest BCUT2D eigenvalue weighted by atomic mass is 10.1. The number of pyridine rings is 2. The van der Waals surface area contributed by atoms with Gasteiger partial charge in [0.15, 0.2) is 0 Å². The van der Waals surface area contributed by atoms with Crippen LogP contribution in [0, 0.1) is 41.5 Å². The van der Waals surface area contributed by atoms with Crippen molar-refractivity contribution in [1.29, 1.82) is 0 Å². The van der Waals surface area contributed by atoms with Gasteiger partial charge in [0, 0.05) is 67.7 Å². The topological polar surface area (TPSA) is 69.6 Å². The third-order valence-corrected chi connectivity index (χ3v) is 4.17. The molecular weight excluding hydrogens is 362 g/mol. The van der Waals surface area contributed by atoms with Crippen molar-refractivity contribution in [2.75, 3.05) is 0 Å². The van der Waals surface area contributed by atoms with E-state index in [1.54, 1.807) is 13.8 Å². The molecule has 29 heavy (non-hydrogen) atoms. The van der Waals surface area contributed by atoms with Gasteiger partial charge < -0.3 is 8.98 Å². The van der Waals surface area contributed by atoms with Crippen LogP contribution >= 0.6 is 0 Å². The van der Waals surface area contributed by atoms with Gasteiger partial charge in [-0.15, -0.1) is 10.2 Å². The summed E-state index contributed by atoms with van der Waals surface area (Å²) >= 11 is 0. The Morgan fingerprint density at radius 2 is 1.21 bits per heavy atom. The van der Waals surface area contributed by atoms with Gasteiger partial charge in [0.05, 0.1) is 0 Å². The predicted octanol–water partition coefficient (Wildman–Crippen LogP) is 5.09. The first kappa shape index (κ1) is 22.0. The third-order valence-electron chi connectivity index (χ3n) is 4.17. The molecule has 4 aromatic rings. The van der Waals surface area contributed by atoms with Gasteiger partial charge in [-0.1, -0.05) is 12.1 Å². The summed E-state index contributed by atoms with van der Waals surface area (Å²) < 4.78 is 6.98. The highest BCUT2D eigenvalue weighted by Crippen LogP contribution is 2.17. The normalized spacial score (nSPS) is 9.90. The second kappa shape index (κ2) is 10.3. The van der Waals surface area contributed by atoms with E-state index >= 15 is 0 Å². The number of aryl methyl sites for hydroxylation is 7. The van der Waals surface area contributed by atoms with Gasteiger partial charge in [0.1, 0.15) is 0 Å². The van der Waals surface area contributed by atoms with E-state index in [0.717, 1.165) is 22.5 Å². The molecule has 0 amide bonds. The van der Waals surface area contributed by atoms with Crippen molar-refractivity contribution in [3.63, 3.8) is 0 Å². The van der Waals surface area contributed by atoms with Gasteiger partial charge >= 0.3 is 0 Å². The second-order valence-corrected chi connectivity index (χ2v) is 6.99. The van der Waals surface area contributed by atoms with Crippen LogP contribution in [0.4, 0.5) is 0 Å². The van der Waals surface area contributed by atoms with Crippen LogP contribution in [-0.4, -0.2) is 24.7 Å². The Morgan fingerprint density at radius 1 is 0.724 bits per heavy atom. The molecule has 0 aromatic carbocycles. The van der Waals surface area contributed by atoms with E-state index in [-0.39, 0.29) is 0 Å². The number of hydrogen-bond acceptors (Lipinski definition) is 5. The first-order valence-electron chi connectivity index (χ1n) is 9.46. The minimum absolute atomic E-state index is 0.623. The van der Waals surface area contributed by atoms with Crippen molar-refractivity contribution in [3.05, 3.63) is 83.3 Å². The average Bonchev–Trinajstić information content (AvgIpc) is 3.20. The fourth-order valence-corrected chi connectivity index (χ4v) is 2.55. The van der Waals surface area contributed by atoms with Gasteiger partial charge in [-0.05, 0) is 51.5 Å². The Labute approximate surface area is 172 Å². The summed E-state index contributed by atoms with van der Waals surface area (Å²) in [5.74, 6) is 1.25. The molecule has 0 aliphatic carbocycles. The Hall–Kier alpha value is -3.28. The molecule has 0 radical (unpaired) electrons. The van der Waals surface area contributed by atoms with Crippen LogP contribution in [0.1, 0.15) is 34.4 Å². The molecule has 4 heterocycles. The molecular formula is C23H29N5O. The molecule has 152 valence electrons. The second-order valence-electron chi connectivity index (χ2n) is 6.99. The Balaban J connectivity index is 0.000000170. The Morgan fingerprint density at radius 3 is 1.41 bits per heavy atom. The van der Waals surface area contributed by atoms with Crippen LogP contribution in [0.3, 0.4) is 0 Å². The highest BCUT2D eigenvalue weighted by atomic mass is 16.4. The summed E-state index contributed by atoms with van der Waals surface area (Å²) in [5.41, 5.74) is 6.96. The minimum atomic E-state index is 0.623. The van der Waals surface area contributed by atoms with Crippen LogP contribution in [0.25, 0.3) is 11.1 Å². The molecule has 6 heteroatoms. The zero-order valence-electron chi connectivity index (χ0n) is 18.3. The summed E-state index contributed by atoms with van der Waals surface area (Å²) in [6, 6.07) is 10.3. The Bertz CT molecular complexity index is 935. The lowest BCUT2D eigenvalue weighted by Gasteiger charge is -2.01. The maximum absolute atomic E-state index is 4.86. The maximum Gasteiger partial charge on any atom is 0.213 e. The monoisotopic (exact) mass is 391 g/mol. The van der Waals surface area contributed by atoms with Crippen molar-refractivity contribution in [2.24, 2.45) is 7.05 Å². The predicted molar refractivity (Wildman–Crippen MR) is 116 cm³/mol. The van der Waals surface area contributed by atoms with Crippen LogP contribution in [0.5, 0.6) is 0 Å². The molecule has 0 spiro atoms. The first-order valence-corrected chi connectivity index (χ1v) is 9.46. The number of nitrogens with zero attached hydrogens (tertiary/aromatic N) is 5. The number of aromatic nitrogens is 5. The molecule has 0 unspecified atom stereocenters. The largest absolute Gasteiger partial charge is 0.426 e. The highest BCUT2D eigenvalue weighted by Gasteiger charge is 1.97. The summed E-state index contributed by atoms with van der Waals surface area (Å²) in [5, 5.41) is 7.20. The van der Waals surface area contributed by atoms with Crippen molar-refractivity contribution in [2.45, 2.75) is 41.5 Å². The summed E-state index contributed by atoms with van der Waals surface area (Å²) in [6.45, 7) is 11.7. The average molecular weight is 392 g/mol. The molecule has 0 saturated heterocycles. The molecule has 0 N–H and O–H groups in total. The van der Waals surface area contributed by atoms with Crippen molar-refractivity contribution < 1.29 is 4.42 Å². The number of hydrogen-bond donors (Lipinski definition) is 0. The van der Waals surface area contributed by atoms with Crippen LogP contribution in [0.15, 0.2) is 53.3 Å². The van der Waals surface area contributed by atoms with Gasteiger partial charge in [-0.3, -0.25) is 9.97 Å².